The van der Waals surface area contributed by atoms with E-state index in [4.69, 9.17) is 4.74 Å². The lowest BCUT2D eigenvalue weighted by molar-refractivity contribution is -0.138. The Kier molecular flexibility index (Phi) is 23.4. The minimum absolute atomic E-state index is 0.262. The number of alkyl halides is 6. The van der Waals surface area contributed by atoms with Crippen molar-refractivity contribution in [1.82, 2.24) is 39.8 Å². The molecule has 0 spiro atoms. The van der Waals surface area contributed by atoms with Crippen LogP contribution < -0.4 is 42.3 Å². The molecule has 28 heteroatoms. The molecule has 0 aliphatic carbocycles. The summed E-state index contributed by atoms with van der Waals surface area (Å²) in [5.74, 6) is -1.89. The Labute approximate surface area is 532 Å². The van der Waals surface area contributed by atoms with Crippen LogP contribution in [0.15, 0.2) is 124 Å². The van der Waals surface area contributed by atoms with Gasteiger partial charge in [0.25, 0.3) is 11.8 Å². The average molecular weight is 1330 g/mol. The molecule has 4 aliphatic rings. The molecule has 91 heavy (non-hydrogen) atoms. The molecule has 0 unspecified atom stereocenters. The molecule has 0 saturated carbocycles. The van der Waals surface area contributed by atoms with Crippen molar-refractivity contribution in [1.29, 1.82) is 0 Å². The highest BCUT2D eigenvalue weighted by Gasteiger charge is 2.38. The van der Waals surface area contributed by atoms with Crippen LogP contribution in [-0.4, -0.2) is 194 Å². The normalized spacial score (nSPS) is 16.4. The average Bonchev–Trinajstić information content (AvgIpc) is 1.05. The third-order valence-electron chi connectivity index (χ3n) is 15.6. The largest absolute Gasteiger partial charge is 0.488 e. The highest BCUT2D eigenvalue weighted by Crippen LogP contribution is 2.37. The van der Waals surface area contributed by atoms with Gasteiger partial charge in [-0.1, -0.05) is 64.5 Å². The number of carbonyl (C=O) groups excluding carboxylic acids is 3. The second-order valence-corrected chi connectivity index (χ2v) is 24.6. The van der Waals surface area contributed by atoms with Crippen LogP contribution >= 0.6 is 15.9 Å². The van der Waals surface area contributed by atoms with Crippen LogP contribution in [0.25, 0.3) is 11.1 Å². The number of rotatable bonds is 12. The summed E-state index contributed by atoms with van der Waals surface area (Å²) in [5, 5.41) is 27.1. The maximum absolute atomic E-state index is 13.7. The molecule has 0 radical (unpaired) electrons. The molecular formula is C63H76BBrF6N12O8. The van der Waals surface area contributed by atoms with E-state index in [9.17, 15) is 60.4 Å². The van der Waals surface area contributed by atoms with Gasteiger partial charge >= 0.3 is 25.6 Å². The summed E-state index contributed by atoms with van der Waals surface area (Å²) in [6.07, 6.45) is -8.33. The molecule has 4 aliphatic heterocycles. The second-order valence-electron chi connectivity index (χ2n) is 23.7. The number of amides is 3. The number of carbonyl (C=O) groups is 3. The third-order valence-corrected chi connectivity index (χ3v) is 16.1. The summed E-state index contributed by atoms with van der Waals surface area (Å²) in [7, 11) is 2.60. The summed E-state index contributed by atoms with van der Waals surface area (Å²) in [5.41, 5.74) is 0.597. The Bertz CT molecular complexity index is 3600. The van der Waals surface area contributed by atoms with Crippen molar-refractivity contribution in [2.24, 2.45) is 0 Å². The van der Waals surface area contributed by atoms with E-state index in [-0.39, 0.29) is 6.09 Å². The summed E-state index contributed by atoms with van der Waals surface area (Å²) in [4.78, 5) is 80.0. The van der Waals surface area contributed by atoms with Gasteiger partial charge in [0.1, 0.15) is 5.60 Å². The molecule has 4 aromatic carbocycles. The van der Waals surface area contributed by atoms with Gasteiger partial charge in [-0.25, -0.2) is 4.79 Å². The summed E-state index contributed by atoms with van der Waals surface area (Å²) in [6.45, 7) is 20.0. The van der Waals surface area contributed by atoms with E-state index in [2.05, 4.69) is 83.4 Å². The summed E-state index contributed by atoms with van der Waals surface area (Å²) in [6, 6.07) is 27.2. The Morgan fingerprint density at radius 2 is 1.03 bits per heavy atom. The molecule has 4 saturated heterocycles. The number of hydrogen-bond acceptors (Lipinski definition) is 15. The van der Waals surface area contributed by atoms with Gasteiger partial charge in [-0.2, -0.15) is 26.3 Å². The van der Waals surface area contributed by atoms with Crippen LogP contribution in [0.4, 0.5) is 53.9 Å². The molecule has 3 amide bonds. The molecular weight excluding hydrogens is 1260 g/mol. The fraction of sp³-hybridized carbons (Fsp3) is 0.413. The number of likely N-dealkylation sites (N-methyl/N-ethyl adjacent to an activating group) is 2. The van der Waals surface area contributed by atoms with Crippen LogP contribution in [0.5, 0.6) is 0 Å². The SMILES string of the molecule is CC(C)(C)OC(=O)N1CCN(Cc2cccc(B(O)O)c2)CC1.CN1CCN(c2ccc(-c3cccc(CN4CCNCC4)c3)cc2NC(=O)c2c[nH]c(=O)cc2C(F)(F)F)CC1.CN1CCN(c2ccc(Br)cc2NC(=O)c2c[nH]c(=O)cc2C(F)(F)F)CC1. The van der Waals surface area contributed by atoms with Gasteiger partial charge in [0.2, 0.25) is 11.1 Å². The van der Waals surface area contributed by atoms with E-state index in [0.717, 1.165) is 138 Å². The maximum Gasteiger partial charge on any atom is 0.488 e. The molecule has 2 aromatic heterocycles. The summed E-state index contributed by atoms with van der Waals surface area (Å²) < 4.78 is 86.8. The van der Waals surface area contributed by atoms with E-state index in [1.165, 1.54) is 0 Å². The van der Waals surface area contributed by atoms with Crippen LogP contribution in [0.2, 0.25) is 0 Å². The number of aromatic amines is 2. The van der Waals surface area contributed by atoms with Gasteiger partial charge < -0.3 is 65.2 Å². The quantitative estimate of drug-likeness (QED) is 0.0482. The van der Waals surface area contributed by atoms with Crippen molar-refractivity contribution in [2.75, 3.05) is 139 Å². The number of H-pyrrole nitrogens is 2. The standard InChI is InChI=1S/C29H33F3N6O2.C18H18BrF3N4O2.C16H25BN2O4/c1-36-11-13-38(14-12-36)26-6-5-22(21-4-2-3-20(15-21)19-37-9-7-33-8-10-37)16-25(26)35-28(40)23-18-34-27(39)17-24(23)29(30,31)32;1-25-4-6-26(7-5-25)15-3-2-11(19)8-14(15)24-17(28)12-10-23-16(27)9-13(12)18(20,21)22;1-16(2,3)23-15(20)19-9-7-18(8-10-19)12-13-5-4-6-14(11-13)17(21)22/h2-6,15-18,33H,7-14,19H2,1H3,(H,34,39)(H,35,40);2-3,8-10H,4-7H2,1H3,(H,23,27)(H,24,28);4-6,11,21-22H,7-10,12H2,1-3H3. The molecule has 0 atom stereocenters. The first-order valence-electron chi connectivity index (χ1n) is 29.8. The Morgan fingerprint density at radius 3 is 1.53 bits per heavy atom. The molecule has 0 bridgehead atoms. The topological polar surface area (TPSA) is 225 Å². The predicted octanol–water partition coefficient (Wildman–Crippen LogP) is 7.05. The molecule has 7 N–H and O–H groups in total. The van der Waals surface area contributed by atoms with Gasteiger partial charge in [-0.3, -0.25) is 29.0 Å². The number of ether oxygens (including phenoxy) is 1. The zero-order chi connectivity index (χ0) is 65.8. The molecule has 10 rings (SSSR count). The predicted molar refractivity (Wildman–Crippen MR) is 343 cm³/mol. The molecule has 488 valence electrons. The minimum Gasteiger partial charge on any atom is -0.444 e. The first kappa shape index (κ1) is 69.3. The molecule has 4 fully saturated rings. The van der Waals surface area contributed by atoms with Gasteiger partial charge in [-0.05, 0) is 99.0 Å². The zero-order valence-electron chi connectivity index (χ0n) is 51.3. The monoisotopic (exact) mass is 1330 g/mol. The van der Waals surface area contributed by atoms with Gasteiger partial charge in [0, 0.05) is 147 Å². The molecule has 20 nitrogen and oxygen atoms in total. The molecule has 6 heterocycles. The van der Waals surface area contributed by atoms with E-state index in [1.54, 1.807) is 23.1 Å². The number of nitrogens with zero attached hydrogens (tertiary/aromatic N) is 7. The Hall–Kier alpha value is -7.57. The first-order valence-corrected chi connectivity index (χ1v) is 30.6. The van der Waals surface area contributed by atoms with Crippen LogP contribution in [0.3, 0.4) is 0 Å². The van der Waals surface area contributed by atoms with Crippen LogP contribution in [0.1, 0.15) is 63.7 Å². The van der Waals surface area contributed by atoms with Crippen molar-refractivity contribution in [3.63, 3.8) is 0 Å². The molecule has 6 aromatic rings. The number of benzene rings is 4. The van der Waals surface area contributed by atoms with Crippen molar-refractivity contribution >= 4 is 69.2 Å². The summed E-state index contributed by atoms with van der Waals surface area (Å²) >= 11 is 3.33. The maximum atomic E-state index is 13.7. The van der Waals surface area contributed by atoms with Crippen LogP contribution in [-0.2, 0) is 30.2 Å². The number of halogens is 7. The van der Waals surface area contributed by atoms with Crippen LogP contribution in [0, 0.1) is 0 Å². The highest BCUT2D eigenvalue weighted by atomic mass is 79.9. The number of anilines is 4. The van der Waals surface area contributed by atoms with Crippen molar-refractivity contribution in [2.45, 2.75) is 51.8 Å². The minimum atomic E-state index is -4.85. The van der Waals surface area contributed by atoms with Crippen molar-refractivity contribution in [3.05, 3.63) is 168 Å². The number of pyridine rings is 2. The van der Waals surface area contributed by atoms with E-state index < -0.39 is 70.3 Å². The van der Waals surface area contributed by atoms with Gasteiger partial charge in [-0.15, -0.1) is 0 Å². The highest BCUT2D eigenvalue weighted by molar-refractivity contribution is 9.10. The number of hydrogen-bond donors (Lipinski definition) is 7. The Morgan fingerprint density at radius 1 is 0.571 bits per heavy atom. The fourth-order valence-corrected chi connectivity index (χ4v) is 11.1. The van der Waals surface area contributed by atoms with Gasteiger partial charge in [0.05, 0.1) is 45.0 Å². The lowest BCUT2D eigenvalue weighted by atomic mass is 9.79. The smallest absolute Gasteiger partial charge is 0.444 e. The fourth-order valence-electron chi connectivity index (χ4n) is 10.7. The lowest BCUT2D eigenvalue weighted by Crippen LogP contribution is -2.49. The number of aromatic nitrogens is 2. The third kappa shape index (κ3) is 20.0. The van der Waals surface area contributed by atoms with E-state index >= 15 is 0 Å². The van der Waals surface area contributed by atoms with Crippen molar-refractivity contribution < 1.29 is 55.5 Å². The zero-order valence-corrected chi connectivity index (χ0v) is 52.9. The van der Waals surface area contributed by atoms with E-state index in [1.807, 2.05) is 89.5 Å². The lowest BCUT2D eigenvalue weighted by Gasteiger charge is -2.35. The van der Waals surface area contributed by atoms with Gasteiger partial charge in [0.15, 0.2) is 0 Å². The number of nitrogens with one attached hydrogen (secondary N) is 5. The second kappa shape index (κ2) is 30.7. The first-order chi connectivity index (χ1) is 43.1. The van der Waals surface area contributed by atoms with E-state index in [0.29, 0.717) is 59.6 Å². The Balaban J connectivity index is 0.000000184. The van der Waals surface area contributed by atoms with Crippen molar-refractivity contribution in [3.8, 4) is 11.1 Å². The number of piperazine rings is 4.